The minimum atomic E-state index is -0.505. The second-order valence-corrected chi connectivity index (χ2v) is 12.2. The molecule has 2 aromatic carbocycles. The van der Waals surface area contributed by atoms with Crippen molar-refractivity contribution in [3.05, 3.63) is 102 Å². The van der Waals surface area contributed by atoms with E-state index >= 15 is 0 Å². The molecule has 0 bridgehead atoms. The lowest BCUT2D eigenvalue weighted by Crippen LogP contribution is -1.99. The van der Waals surface area contributed by atoms with Gasteiger partial charge in [-0.15, -0.1) is 22.7 Å². The summed E-state index contributed by atoms with van der Waals surface area (Å²) in [6, 6.07) is 16.4. The Morgan fingerprint density at radius 3 is 1.11 bits per heavy atom. The van der Waals surface area contributed by atoms with Gasteiger partial charge >= 0.3 is 0 Å². The lowest BCUT2D eigenvalue weighted by Gasteiger charge is -1.98. The molecule has 2 aliphatic rings. The highest BCUT2D eigenvalue weighted by molar-refractivity contribution is 7.28. The number of fused-ring (bicyclic) bond motifs is 5. The van der Waals surface area contributed by atoms with Gasteiger partial charge in [-0.1, -0.05) is 0 Å². The number of aryl methyl sites for hydroxylation is 1. The topological polar surface area (TPSA) is 168 Å². The van der Waals surface area contributed by atoms with E-state index in [2.05, 4.69) is 0 Å². The van der Waals surface area contributed by atoms with Crippen molar-refractivity contribution in [3.63, 3.8) is 0 Å². The zero-order valence-corrected chi connectivity index (χ0v) is 23.9. The van der Waals surface area contributed by atoms with Crippen molar-refractivity contribution in [2.75, 3.05) is 0 Å². The molecule has 0 aliphatic heterocycles. The summed E-state index contributed by atoms with van der Waals surface area (Å²) in [5, 5.41) is 37.3. The van der Waals surface area contributed by atoms with Gasteiger partial charge in [0.25, 0.3) is 0 Å². The van der Waals surface area contributed by atoms with Gasteiger partial charge in [-0.3, -0.25) is 19.2 Å². The number of thiophene rings is 2. The average molecular weight is 606 g/mol. The Balaban J connectivity index is 1.27. The number of ketones is 4. The van der Waals surface area contributed by atoms with Gasteiger partial charge in [-0.2, -0.15) is 21.0 Å². The highest BCUT2D eigenvalue weighted by atomic mass is 32.1. The molecular formula is C33H11N5O4S2. The standard InChI is InChI=1S/C33H11N5O4S2/c1-38-26-8-18(6-24-28(39)20-2-14(10-34)15(11-35)3-21(20)29(24)40)43-32(26)33-27(38)9-19(44-33)7-25-30(41)22-4-16(12-36)17(13-37)5-23(22)31(25)42/h2-9H,1H3. The first-order valence-corrected chi connectivity index (χ1v) is 14.4. The number of hydrogen-bond donors (Lipinski definition) is 0. The third-order valence-corrected chi connectivity index (χ3v) is 10.0. The normalized spacial score (nSPS) is 13.6. The Bertz CT molecular complexity index is 2240. The summed E-state index contributed by atoms with van der Waals surface area (Å²) in [4.78, 5) is 53.8. The first kappa shape index (κ1) is 26.6. The van der Waals surface area contributed by atoms with Gasteiger partial charge in [0, 0.05) is 39.1 Å². The van der Waals surface area contributed by atoms with Crippen LogP contribution in [0.2, 0.25) is 0 Å². The quantitative estimate of drug-likeness (QED) is 0.178. The summed E-state index contributed by atoms with van der Waals surface area (Å²) in [6.45, 7) is 0. The molecule has 0 saturated carbocycles. The van der Waals surface area contributed by atoms with E-state index in [1.54, 1.807) is 0 Å². The number of carbonyl (C=O) groups excluding carboxylic acids is 4. The van der Waals surface area contributed by atoms with Crippen LogP contribution < -0.4 is 0 Å². The highest BCUT2D eigenvalue weighted by Crippen LogP contribution is 2.42. The molecule has 11 heteroatoms. The number of benzene rings is 2. The number of Topliss-reactive ketones (excluding diaryl/α,β-unsaturated/α-hetero) is 4. The fraction of sp³-hybridized carbons (Fsp3) is 0.0303. The lowest BCUT2D eigenvalue weighted by molar-refractivity contribution is 0.0975. The van der Waals surface area contributed by atoms with E-state index in [-0.39, 0.29) is 55.7 Å². The number of aromatic nitrogens is 1. The van der Waals surface area contributed by atoms with Crippen molar-refractivity contribution in [3.8, 4) is 24.3 Å². The second kappa shape index (κ2) is 9.39. The van der Waals surface area contributed by atoms with Crippen LogP contribution >= 0.6 is 22.7 Å². The highest BCUT2D eigenvalue weighted by Gasteiger charge is 2.36. The second-order valence-electron chi connectivity index (χ2n) is 10.1. The van der Waals surface area contributed by atoms with Crippen molar-refractivity contribution in [1.82, 2.24) is 4.57 Å². The van der Waals surface area contributed by atoms with E-state index in [0.717, 1.165) is 20.4 Å². The molecule has 0 spiro atoms. The van der Waals surface area contributed by atoms with Gasteiger partial charge in [0.1, 0.15) is 24.3 Å². The summed E-state index contributed by atoms with van der Waals surface area (Å²) in [7, 11) is 1.86. The van der Waals surface area contributed by atoms with E-state index in [9.17, 15) is 40.2 Å². The van der Waals surface area contributed by atoms with Crippen molar-refractivity contribution >= 4 is 78.4 Å². The lowest BCUT2D eigenvalue weighted by atomic mass is 10.0. The average Bonchev–Trinajstić information content (AvgIpc) is 3.80. The largest absolute Gasteiger partial charge is 0.342 e. The Kier molecular flexibility index (Phi) is 5.69. The Labute approximate surface area is 255 Å². The summed E-state index contributed by atoms with van der Waals surface area (Å²) >= 11 is 2.75. The predicted octanol–water partition coefficient (Wildman–Crippen LogP) is 5.87. The molecular weight excluding hydrogens is 595 g/mol. The molecule has 44 heavy (non-hydrogen) atoms. The molecule has 0 N–H and O–H groups in total. The third kappa shape index (κ3) is 3.59. The molecule has 2 aliphatic carbocycles. The van der Waals surface area contributed by atoms with Crippen LogP contribution in [-0.4, -0.2) is 27.7 Å². The monoisotopic (exact) mass is 605 g/mol. The fourth-order valence-corrected chi connectivity index (χ4v) is 7.96. The number of nitriles is 4. The minimum absolute atomic E-state index is 0.0325. The first-order chi connectivity index (χ1) is 21.2. The molecule has 0 saturated heterocycles. The molecule has 3 aromatic heterocycles. The number of rotatable bonds is 2. The predicted molar refractivity (Wildman–Crippen MR) is 161 cm³/mol. The van der Waals surface area contributed by atoms with E-state index in [1.807, 2.05) is 48.0 Å². The number of carbonyl (C=O) groups is 4. The van der Waals surface area contributed by atoms with Gasteiger partial charge in [0.15, 0.2) is 23.1 Å². The minimum Gasteiger partial charge on any atom is -0.342 e. The van der Waals surface area contributed by atoms with Crippen molar-refractivity contribution in [2.24, 2.45) is 7.05 Å². The third-order valence-electron chi connectivity index (χ3n) is 7.72. The van der Waals surface area contributed by atoms with Crippen LogP contribution in [0.1, 0.15) is 73.4 Å². The molecule has 7 rings (SSSR count). The van der Waals surface area contributed by atoms with E-state index in [0.29, 0.717) is 9.75 Å². The zero-order valence-electron chi connectivity index (χ0n) is 22.3. The number of hydrogen-bond acceptors (Lipinski definition) is 10. The molecule has 0 amide bonds. The molecule has 0 radical (unpaired) electrons. The summed E-state index contributed by atoms with van der Waals surface area (Å²) in [5.41, 5.74) is 2.17. The van der Waals surface area contributed by atoms with E-state index in [1.165, 1.54) is 59.1 Å². The molecule has 204 valence electrons. The molecule has 0 unspecified atom stereocenters. The fourth-order valence-electron chi connectivity index (χ4n) is 5.55. The van der Waals surface area contributed by atoms with E-state index in [4.69, 9.17) is 0 Å². The van der Waals surface area contributed by atoms with Crippen LogP contribution in [0.25, 0.3) is 32.6 Å². The van der Waals surface area contributed by atoms with Gasteiger partial charge in [0.05, 0.1) is 53.8 Å². The van der Waals surface area contributed by atoms with Crippen LogP contribution in [0.15, 0.2) is 47.5 Å². The van der Waals surface area contributed by atoms with Gasteiger partial charge < -0.3 is 4.57 Å². The van der Waals surface area contributed by atoms with Crippen molar-refractivity contribution < 1.29 is 19.2 Å². The maximum Gasteiger partial charge on any atom is 0.197 e. The SMILES string of the molecule is Cn1c2cc(C=C3C(=O)c4cc(C#N)c(C#N)cc4C3=O)sc2c2sc(C=C3C(=O)c4cc(C#N)c(C#N)cc4C3=O)cc21. The Morgan fingerprint density at radius 1 is 0.545 bits per heavy atom. The maximum atomic E-state index is 13.1. The zero-order chi connectivity index (χ0) is 31.0. The summed E-state index contributed by atoms with van der Waals surface area (Å²) in [6.07, 6.45) is 3.04. The van der Waals surface area contributed by atoms with E-state index < -0.39 is 23.1 Å². The van der Waals surface area contributed by atoms with Crippen LogP contribution in [-0.2, 0) is 7.05 Å². The van der Waals surface area contributed by atoms with Crippen LogP contribution in [0, 0.1) is 45.3 Å². The molecule has 5 aromatic rings. The Hall–Kier alpha value is -6.24. The molecule has 9 nitrogen and oxygen atoms in total. The summed E-state index contributed by atoms with van der Waals surface area (Å²) in [5.74, 6) is -2.02. The number of allylic oxidation sites excluding steroid dienone is 2. The van der Waals surface area contributed by atoms with Gasteiger partial charge in [0.2, 0.25) is 0 Å². The van der Waals surface area contributed by atoms with Crippen molar-refractivity contribution in [2.45, 2.75) is 0 Å². The molecule has 0 atom stereocenters. The van der Waals surface area contributed by atoms with Crippen LogP contribution in [0.3, 0.4) is 0 Å². The van der Waals surface area contributed by atoms with Crippen molar-refractivity contribution in [1.29, 1.82) is 21.0 Å². The first-order valence-electron chi connectivity index (χ1n) is 12.8. The van der Waals surface area contributed by atoms with Gasteiger partial charge in [-0.25, -0.2) is 0 Å². The molecule has 3 heterocycles. The molecule has 0 fully saturated rings. The smallest absolute Gasteiger partial charge is 0.197 e. The van der Waals surface area contributed by atoms with Crippen LogP contribution in [0.4, 0.5) is 0 Å². The summed E-state index contributed by atoms with van der Waals surface area (Å²) < 4.78 is 3.73. The maximum absolute atomic E-state index is 13.1. The number of nitrogens with zero attached hydrogens (tertiary/aromatic N) is 5. The Morgan fingerprint density at radius 2 is 0.841 bits per heavy atom. The van der Waals surface area contributed by atoms with Gasteiger partial charge in [-0.05, 0) is 48.6 Å². The van der Waals surface area contributed by atoms with Crippen LogP contribution in [0.5, 0.6) is 0 Å².